The first-order valence-electron chi connectivity index (χ1n) is 5.32. The summed E-state index contributed by atoms with van der Waals surface area (Å²) in [4.78, 5) is 10.7. The molecular formula is C12H13F3N2OS. The third kappa shape index (κ3) is 4.96. The van der Waals surface area contributed by atoms with Crippen molar-refractivity contribution in [3.05, 3.63) is 35.4 Å². The number of thioether (sulfide) groups is 1. The van der Waals surface area contributed by atoms with Gasteiger partial charge in [0.25, 0.3) is 0 Å². The third-order valence-corrected chi connectivity index (χ3v) is 2.98. The van der Waals surface area contributed by atoms with Gasteiger partial charge in [0.05, 0.1) is 11.3 Å². The molecule has 0 fully saturated rings. The van der Waals surface area contributed by atoms with Crippen molar-refractivity contribution in [2.75, 3.05) is 11.2 Å². The van der Waals surface area contributed by atoms with E-state index < -0.39 is 11.7 Å². The van der Waals surface area contributed by atoms with Gasteiger partial charge < -0.3 is 5.43 Å². The number of halogens is 3. The average Bonchev–Trinajstić information content (AvgIpc) is 2.33. The van der Waals surface area contributed by atoms with Crippen molar-refractivity contribution >= 4 is 28.6 Å². The van der Waals surface area contributed by atoms with Crippen LogP contribution in [0.4, 0.5) is 18.9 Å². The molecule has 1 aromatic carbocycles. The highest BCUT2D eigenvalue weighted by Gasteiger charge is 2.30. The Morgan fingerprint density at radius 2 is 2.16 bits per heavy atom. The number of hydrogen-bond acceptors (Lipinski definition) is 4. The van der Waals surface area contributed by atoms with Crippen LogP contribution in [-0.4, -0.2) is 10.9 Å². The number of carbonyl (C=O) groups excluding carboxylic acids is 1. The lowest BCUT2D eigenvalue weighted by atomic mass is 10.1. The average molecular weight is 290 g/mol. The first-order valence-corrected chi connectivity index (χ1v) is 6.31. The zero-order valence-electron chi connectivity index (χ0n) is 10.1. The number of carbonyl (C=O) groups is 1. The van der Waals surface area contributed by atoms with E-state index in [0.717, 1.165) is 23.9 Å². The summed E-state index contributed by atoms with van der Waals surface area (Å²) in [5, 5.41) is -0.0192. The Balaban J connectivity index is 2.87. The summed E-state index contributed by atoms with van der Waals surface area (Å²) >= 11 is 1.11. The summed E-state index contributed by atoms with van der Waals surface area (Å²) in [6.07, 6.45) is -1.10. The van der Waals surface area contributed by atoms with Crippen LogP contribution >= 0.6 is 11.8 Å². The molecule has 0 bridgehead atoms. The number of alkyl halides is 3. The monoisotopic (exact) mass is 290 g/mol. The molecule has 3 nitrogen and oxygen atoms in total. The molecule has 0 unspecified atom stereocenters. The molecule has 0 atom stereocenters. The minimum atomic E-state index is -4.40. The second-order valence-corrected chi connectivity index (χ2v) is 4.85. The van der Waals surface area contributed by atoms with Gasteiger partial charge >= 0.3 is 6.18 Å². The van der Waals surface area contributed by atoms with Crippen LogP contribution in [0.5, 0.6) is 0 Å². The molecule has 0 aliphatic rings. The molecule has 0 saturated carbocycles. The molecule has 0 aromatic heterocycles. The molecule has 0 aliphatic heterocycles. The number of nitrogen functional groups attached to an aromatic ring is 1. The van der Waals surface area contributed by atoms with Gasteiger partial charge in [-0.1, -0.05) is 30.0 Å². The summed E-state index contributed by atoms with van der Waals surface area (Å²) in [6, 6.07) is 3.25. The van der Waals surface area contributed by atoms with Gasteiger partial charge in [-0.2, -0.15) is 13.2 Å². The largest absolute Gasteiger partial charge is 0.416 e. The number of hydrazine groups is 1. The second kappa shape index (κ2) is 6.63. The Morgan fingerprint density at radius 3 is 2.68 bits per heavy atom. The molecule has 0 amide bonds. The molecule has 104 valence electrons. The van der Waals surface area contributed by atoms with Crippen molar-refractivity contribution in [1.82, 2.24) is 0 Å². The standard InChI is InChI=1S/C12H13F3N2OS/c1-8(18)19-6-2-3-9-4-5-10(12(13,14)15)7-11(9)17-16/h2-5,7,17H,6,16H2,1H3. The number of nitrogens with two attached hydrogens (primary N) is 1. The zero-order chi connectivity index (χ0) is 14.5. The lowest BCUT2D eigenvalue weighted by molar-refractivity contribution is -0.137. The predicted octanol–water partition coefficient (Wildman–Crippen LogP) is 3.28. The fourth-order valence-corrected chi connectivity index (χ4v) is 1.77. The molecule has 19 heavy (non-hydrogen) atoms. The van der Waals surface area contributed by atoms with Gasteiger partial charge in [0.1, 0.15) is 0 Å². The van der Waals surface area contributed by atoms with E-state index in [1.54, 1.807) is 12.2 Å². The summed E-state index contributed by atoms with van der Waals surface area (Å²) < 4.78 is 37.5. The van der Waals surface area contributed by atoms with Gasteiger partial charge in [-0.25, -0.2) is 0 Å². The first-order chi connectivity index (χ1) is 8.84. The maximum absolute atomic E-state index is 12.5. The van der Waals surface area contributed by atoms with E-state index in [9.17, 15) is 18.0 Å². The maximum Gasteiger partial charge on any atom is 0.416 e. The van der Waals surface area contributed by atoms with E-state index in [0.29, 0.717) is 11.3 Å². The summed E-state index contributed by atoms with van der Waals surface area (Å²) in [6.45, 7) is 1.45. The lowest BCUT2D eigenvalue weighted by Gasteiger charge is -2.11. The third-order valence-electron chi connectivity index (χ3n) is 2.22. The van der Waals surface area contributed by atoms with Crippen LogP contribution in [-0.2, 0) is 11.0 Å². The number of nitrogens with one attached hydrogen (secondary N) is 1. The minimum Gasteiger partial charge on any atom is -0.324 e. The molecule has 0 radical (unpaired) electrons. The molecule has 0 saturated heterocycles. The van der Waals surface area contributed by atoms with Crippen molar-refractivity contribution in [1.29, 1.82) is 0 Å². The van der Waals surface area contributed by atoms with Gasteiger partial charge in [0, 0.05) is 12.7 Å². The van der Waals surface area contributed by atoms with Gasteiger partial charge in [-0.3, -0.25) is 10.6 Å². The minimum absolute atomic E-state index is 0.0192. The molecule has 0 aliphatic carbocycles. The van der Waals surface area contributed by atoms with Crippen molar-refractivity contribution in [3.8, 4) is 0 Å². The van der Waals surface area contributed by atoms with Gasteiger partial charge in [0.15, 0.2) is 5.12 Å². The number of anilines is 1. The molecule has 0 heterocycles. The maximum atomic E-state index is 12.5. The van der Waals surface area contributed by atoms with Crippen LogP contribution < -0.4 is 11.3 Å². The zero-order valence-corrected chi connectivity index (χ0v) is 10.9. The van der Waals surface area contributed by atoms with E-state index in [-0.39, 0.29) is 10.8 Å². The molecule has 0 spiro atoms. The number of rotatable bonds is 4. The Bertz CT molecular complexity index is 486. The van der Waals surface area contributed by atoms with Crippen LogP contribution in [0.1, 0.15) is 18.1 Å². The first kappa shape index (κ1) is 15.6. The van der Waals surface area contributed by atoms with Gasteiger partial charge in [-0.05, 0) is 17.7 Å². The van der Waals surface area contributed by atoms with E-state index in [1.807, 2.05) is 0 Å². The predicted molar refractivity (Wildman–Crippen MR) is 71.4 cm³/mol. The van der Waals surface area contributed by atoms with Crippen molar-refractivity contribution in [2.24, 2.45) is 5.84 Å². The van der Waals surface area contributed by atoms with Crippen LogP contribution in [0, 0.1) is 0 Å². The normalized spacial score (nSPS) is 11.8. The van der Waals surface area contributed by atoms with Crippen molar-refractivity contribution in [3.63, 3.8) is 0 Å². The highest BCUT2D eigenvalue weighted by molar-refractivity contribution is 8.13. The molecule has 3 N–H and O–H groups in total. The fourth-order valence-electron chi connectivity index (χ4n) is 1.34. The Labute approximate surface area is 113 Å². The highest BCUT2D eigenvalue weighted by atomic mass is 32.2. The molecule has 7 heteroatoms. The van der Waals surface area contributed by atoms with Gasteiger partial charge in [-0.15, -0.1) is 0 Å². The molecular weight excluding hydrogens is 277 g/mol. The van der Waals surface area contributed by atoms with E-state index >= 15 is 0 Å². The molecule has 1 aromatic rings. The lowest BCUT2D eigenvalue weighted by Crippen LogP contribution is -2.11. The SMILES string of the molecule is CC(=O)SCC=Cc1ccc(C(F)(F)F)cc1NN. The van der Waals surface area contributed by atoms with Crippen LogP contribution in [0.15, 0.2) is 24.3 Å². The smallest absolute Gasteiger partial charge is 0.324 e. The highest BCUT2D eigenvalue weighted by Crippen LogP contribution is 2.32. The van der Waals surface area contributed by atoms with Gasteiger partial charge in [0.2, 0.25) is 0 Å². The summed E-state index contributed by atoms with van der Waals surface area (Å²) in [7, 11) is 0. The topological polar surface area (TPSA) is 55.1 Å². The quantitative estimate of drug-likeness (QED) is 0.660. The van der Waals surface area contributed by atoms with E-state index in [4.69, 9.17) is 5.84 Å². The van der Waals surface area contributed by atoms with Crippen molar-refractivity contribution < 1.29 is 18.0 Å². The number of benzene rings is 1. The molecule has 1 rings (SSSR count). The Hall–Kier alpha value is -1.47. The Kier molecular flexibility index (Phi) is 5.44. The fraction of sp³-hybridized carbons (Fsp3) is 0.250. The Morgan fingerprint density at radius 1 is 1.47 bits per heavy atom. The summed E-state index contributed by atoms with van der Waals surface area (Å²) in [5.74, 6) is 5.66. The van der Waals surface area contributed by atoms with E-state index in [1.165, 1.54) is 13.0 Å². The van der Waals surface area contributed by atoms with Crippen molar-refractivity contribution in [2.45, 2.75) is 13.1 Å². The van der Waals surface area contributed by atoms with Crippen LogP contribution in [0.2, 0.25) is 0 Å². The van der Waals surface area contributed by atoms with Crippen LogP contribution in [0.25, 0.3) is 6.08 Å². The summed E-state index contributed by atoms with van der Waals surface area (Å²) in [5.41, 5.74) is 2.17. The van der Waals surface area contributed by atoms with Crippen LogP contribution in [0.3, 0.4) is 0 Å². The second-order valence-electron chi connectivity index (χ2n) is 3.65. The number of hydrogen-bond donors (Lipinski definition) is 2. The van der Waals surface area contributed by atoms with E-state index in [2.05, 4.69) is 5.43 Å².